The number of fused-ring (bicyclic) bond motifs is 3. The van der Waals surface area contributed by atoms with Crippen LogP contribution in [0.2, 0.25) is 0 Å². The number of hydrogen-bond acceptors (Lipinski definition) is 2. The van der Waals surface area contributed by atoms with Gasteiger partial charge in [-0.3, -0.25) is 0 Å². The smallest absolute Gasteiger partial charge is 0.0471 e. The van der Waals surface area contributed by atoms with Crippen LogP contribution in [0.5, 0.6) is 0 Å². The van der Waals surface area contributed by atoms with Gasteiger partial charge < -0.3 is 4.98 Å². The summed E-state index contributed by atoms with van der Waals surface area (Å²) in [7, 11) is 0. The molecule has 0 spiro atoms. The molecule has 1 N–H and O–H groups in total. The molecular formula is C11H8N2S. The molecule has 2 nitrogen and oxygen atoms in total. The number of allylic oxidation sites excluding steroid dienone is 1. The van der Waals surface area contributed by atoms with Crippen LogP contribution in [-0.4, -0.2) is 11.2 Å². The van der Waals surface area contributed by atoms with Crippen molar-refractivity contribution in [1.82, 2.24) is 4.98 Å². The summed E-state index contributed by atoms with van der Waals surface area (Å²) in [5.74, 6) is 0. The minimum Gasteiger partial charge on any atom is -0.361 e. The van der Waals surface area contributed by atoms with E-state index in [4.69, 9.17) is 0 Å². The molecule has 3 heteroatoms. The lowest BCUT2D eigenvalue weighted by Gasteiger charge is -2.02. The maximum atomic E-state index is 4.23. The summed E-state index contributed by atoms with van der Waals surface area (Å²) >= 11 is 1.53. The average molecular weight is 200 g/mol. The molecule has 0 aliphatic carbocycles. The summed E-state index contributed by atoms with van der Waals surface area (Å²) in [6, 6.07) is 6.31. The predicted molar refractivity (Wildman–Crippen MR) is 61.7 cm³/mol. The largest absolute Gasteiger partial charge is 0.361 e. The molecule has 68 valence electrons. The summed E-state index contributed by atoms with van der Waals surface area (Å²) in [4.78, 5) is 4.43. The van der Waals surface area contributed by atoms with E-state index in [2.05, 4.69) is 33.7 Å². The van der Waals surface area contributed by atoms with Gasteiger partial charge in [0.05, 0.1) is 0 Å². The topological polar surface area (TPSA) is 28.1 Å². The van der Waals surface area contributed by atoms with Crippen LogP contribution in [0.3, 0.4) is 0 Å². The van der Waals surface area contributed by atoms with Crippen molar-refractivity contribution in [3.05, 3.63) is 36.0 Å². The first kappa shape index (κ1) is 7.88. The standard InChI is InChI=1S/C11H8N2S/c1-2-8-3-4-10-9(5-7-12-10)11(8)14-13-6-1/h1-7,12H. The highest BCUT2D eigenvalue weighted by Gasteiger charge is 2.07. The van der Waals surface area contributed by atoms with Crippen molar-refractivity contribution in [2.45, 2.75) is 4.90 Å². The van der Waals surface area contributed by atoms with Crippen LogP contribution >= 0.6 is 11.9 Å². The predicted octanol–water partition coefficient (Wildman–Crippen LogP) is 3.27. The van der Waals surface area contributed by atoms with Gasteiger partial charge in [-0.15, -0.1) is 0 Å². The number of aromatic amines is 1. The molecule has 0 bridgehead atoms. The monoisotopic (exact) mass is 200 g/mol. The lowest BCUT2D eigenvalue weighted by Crippen LogP contribution is -1.78. The molecule has 0 saturated carbocycles. The van der Waals surface area contributed by atoms with Gasteiger partial charge in [0, 0.05) is 40.2 Å². The van der Waals surface area contributed by atoms with Crippen LogP contribution in [0, 0.1) is 0 Å². The van der Waals surface area contributed by atoms with Crippen molar-refractivity contribution in [1.29, 1.82) is 0 Å². The van der Waals surface area contributed by atoms with E-state index >= 15 is 0 Å². The fourth-order valence-electron chi connectivity index (χ4n) is 1.62. The van der Waals surface area contributed by atoms with Gasteiger partial charge in [-0.05, 0) is 23.8 Å². The normalized spacial score (nSPS) is 14.3. The molecule has 1 aromatic heterocycles. The average Bonchev–Trinajstić information content (AvgIpc) is 2.55. The number of rotatable bonds is 0. The van der Waals surface area contributed by atoms with Crippen LogP contribution in [0.15, 0.2) is 39.8 Å². The Labute approximate surface area is 85.9 Å². The second-order valence-electron chi connectivity index (χ2n) is 3.13. The summed E-state index contributed by atoms with van der Waals surface area (Å²) in [5, 5.41) is 1.25. The highest BCUT2D eigenvalue weighted by atomic mass is 32.2. The first-order valence-corrected chi connectivity index (χ1v) is 5.20. The number of aromatic nitrogens is 1. The minimum absolute atomic E-state index is 1.17. The number of H-pyrrole nitrogens is 1. The quantitative estimate of drug-likeness (QED) is 0.649. The van der Waals surface area contributed by atoms with Crippen LogP contribution in [0.1, 0.15) is 5.56 Å². The molecule has 0 fully saturated rings. The highest BCUT2D eigenvalue weighted by Crippen LogP contribution is 2.33. The lowest BCUT2D eigenvalue weighted by molar-refractivity contribution is 1.45. The van der Waals surface area contributed by atoms with Crippen LogP contribution in [-0.2, 0) is 0 Å². The zero-order valence-corrected chi connectivity index (χ0v) is 8.21. The second kappa shape index (κ2) is 3.03. The van der Waals surface area contributed by atoms with Crippen LogP contribution in [0.25, 0.3) is 17.0 Å². The maximum Gasteiger partial charge on any atom is 0.0471 e. The van der Waals surface area contributed by atoms with Gasteiger partial charge >= 0.3 is 0 Å². The second-order valence-corrected chi connectivity index (χ2v) is 3.93. The number of nitrogens with one attached hydrogen (secondary N) is 1. The van der Waals surface area contributed by atoms with Gasteiger partial charge in [0.1, 0.15) is 0 Å². The van der Waals surface area contributed by atoms with Gasteiger partial charge in [-0.25, -0.2) is 4.40 Å². The Bertz CT molecular complexity index is 537. The molecule has 1 aromatic carbocycles. The summed E-state index contributed by atoms with van der Waals surface area (Å²) in [6.45, 7) is 0. The van der Waals surface area contributed by atoms with Crippen molar-refractivity contribution < 1.29 is 0 Å². The zero-order chi connectivity index (χ0) is 9.38. The third-order valence-electron chi connectivity index (χ3n) is 2.28. The Hall–Kier alpha value is -1.48. The molecule has 14 heavy (non-hydrogen) atoms. The van der Waals surface area contributed by atoms with Gasteiger partial charge in [0.25, 0.3) is 0 Å². The molecule has 0 atom stereocenters. The number of benzene rings is 1. The van der Waals surface area contributed by atoms with E-state index in [9.17, 15) is 0 Å². The molecular weight excluding hydrogens is 192 g/mol. The van der Waals surface area contributed by atoms with Gasteiger partial charge in [-0.1, -0.05) is 12.1 Å². The maximum absolute atomic E-state index is 4.23. The van der Waals surface area contributed by atoms with Crippen molar-refractivity contribution >= 4 is 35.1 Å². The Morgan fingerprint density at radius 1 is 1.21 bits per heavy atom. The molecule has 2 heterocycles. The molecule has 3 rings (SSSR count). The molecule has 0 radical (unpaired) electrons. The Morgan fingerprint density at radius 2 is 2.21 bits per heavy atom. The van der Waals surface area contributed by atoms with Crippen LogP contribution < -0.4 is 0 Å². The van der Waals surface area contributed by atoms with Gasteiger partial charge in [-0.2, -0.15) is 0 Å². The molecule has 1 aliphatic rings. The molecule has 0 unspecified atom stereocenters. The first-order valence-electron chi connectivity index (χ1n) is 4.42. The zero-order valence-electron chi connectivity index (χ0n) is 7.40. The van der Waals surface area contributed by atoms with E-state index < -0.39 is 0 Å². The van der Waals surface area contributed by atoms with Crippen molar-refractivity contribution in [3.63, 3.8) is 0 Å². The first-order chi connectivity index (χ1) is 6.95. The Kier molecular flexibility index (Phi) is 1.70. The fraction of sp³-hybridized carbons (Fsp3) is 0. The molecule has 2 aromatic rings. The number of hydrogen-bond donors (Lipinski definition) is 1. The minimum atomic E-state index is 1.17. The van der Waals surface area contributed by atoms with Crippen LogP contribution in [0.4, 0.5) is 0 Å². The molecule has 0 amide bonds. The third-order valence-corrected chi connectivity index (χ3v) is 3.15. The van der Waals surface area contributed by atoms with Gasteiger partial charge in [0.15, 0.2) is 0 Å². The van der Waals surface area contributed by atoms with Crippen molar-refractivity contribution in [2.24, 2.45) is 4.40 Å². The fourth-order valence-corrected chi connectivity index (χ4v) is 2.37. The van der Waals surface area contributed by atoms with E-state index in [0.29, 0.717) is 0 Å². The van der Waals surface area contributed by atoms with Crippen molar-refractivity contribution in [3.8, 4) is 0 Å². The lowest BCUT2D eigenvalue weighted by atomic mass is 10.1. The Balaban J connectivity index is 2.38. The van der Waals surface area contributed by atoms with E-state index in [1.807, 2.05) is 18.5 Å². The summed E-state index contributed by atoms with van der Waals surface area (Å²) in [6.07, 6.45) is 7.84. The molecule has 1 aliphatic heterocycles. The molecule has 0 saturated heterocycles. The number of nitrogens with zero attached hydrogens (tertiary/aromatic N) is 1. The van der Waals surface area contributed by atoms with Crippen molar-refractivity contribution in [2.75, 3.05) is 0 Å². The highest BCUT2D eigenvalue weighted by molar-refractivity contribution is 7.98. The van der Waals surface area contributed by atoms with E-state index in [1.165, 1.54) is 33.3 Å². The Morgan fingerprint density at radius 3 is 3.21 bits per heavy atom. The third kappa shape index (κ3) is 1.09. The SMILES string of the molecule is C1=Cc2ccc3[nH]ccc3c2SN=C1. The van der Waals surface area contributed by atoms with E-state index in [-0.39, 0.29) is 0 Å². The summed E-state index contributed by atoms with van der Waals surface area (Å²) in [5.41, 5.74) is 2.40. The van der Waals surface area contributed by atoms with Gasteiger partial charge in [0.2, 0.25) is 0 Å². The van der Waals surface area contributed by atoms with E-state index in [1.54, 1.807) is 0 Å². The van der Waals surface area contributed by atoms with E-state index in [0.717, 1.165) is 0 Å². The summed E-state index contributed by atoms with van der Waals surface area (Å²) < 4.78 is 4.23.